The summed E-state index contributed by atoms with van der Waals surface area (Å²) < 4.78 is 40.0. The van der Waals surface area contributed by atoms with Crippen molar-refractivity contribution in [2.75, 3.05) is 12.5 Å². The minimum atomic E-state index is -3.86. The largest absolute Gasteiger partial charge is 0.454 e. The Bertz CT molecular complexity index is 480. The van der Waals surface area contributed by atoms with Gasteiger partial charge in [0.15, 0.2) is 11.5 Å². The Morgan fingerprint density at radius 1 is 1.25 bits per heavy atom. The monoisotopic (exact) mass is 244 g/mol. The van der Waals surface area contributed by atoms with Crippen molar-refractivity contribution >= 4 is 10.1 Å². The third kappa shape index (κ3) is 2.86. The summed E-state index contributed by atoms with van der Waals surface area (Å²) in [4.78, 5) is 0. The van der Waals surface area contributed by atoms with Gasteiger partial charge in [-0.15, -0.1) is 0 Å². The quantitative estimate of drug-likeness (QED) is 0.806. The molecule has 6 heteroatoms. The lowest BCUT2D eigenvalue weighted by molar-refractivity contribution is 0.174. The second-order valence-electron chi connectivity index (χ2n) is 3.58. The molecule has 1 N–H and O–H groups in total. The summed E-state index contributed by atoms with van der Waals surface area (Å²) in [6.45, 7) is 0.226. The van der Waals surface area contributed by atoms with E-state index in [9.17, 15) is 8.42 Å². The van der Waals surface area contributed by atoms with Gasteiger partial charge in [0.25, 0.3) is 10.1 Å². The highest BCUT2D eigenvalue weighted by atomic mass is 32.2. The molecule has 2 rings (SSSR count). The molecule has 0 aromatic heterocycles. The van der Waals surface area contributed by atoms with Crippen molar-refractivity contribution in [2.24, 2.45) is 0 Å². The fraction of sp³-hybridized carbons (Fsp3) is 0.400. The number of hydrogen-bond acceptors (Lipinski definition) is 4. The van der Waals surface area contributed by atoms with Crippen LogP contribution < -0.4 is 9.47 Å². The fourth-order valence-electron chi connectivity index (χ4n) is 1.56. The molecule has 0 fully saturated rings. The highest BCUT2D eigenvalue weighted by Crippen LogP contribution is 2.32. The molecule has 16 heavy (non-hydrogen) atoms. The average Bonchev–Trinajstić information content (AvgIpc) is 2.62. The highest BCUT2D eigenvalue weighted by Gasteiger charge is 2.13. The van der Waals surface area contributed by atoms with Crippen LogP contribution in [0.5, 0.6) is 11.5 Å². The number of rotatable bonds is 4. The van der Waals surface area contributed by atoms with Crippen molar-refractivity contribution in [3.63, 3.8) is 0 Å². The van der Waals surface area contributed by atoms with Crippen molar-refractivity contribution in [3.8, 4) is 11.5 Å². The first kappa shape index (κ1) is 11.2. The van der Waals surface area contributed by atoms with Gasteiger partial charge < -0.3 is 9.47 Å². The van der Waals surface area contributed by atoms with E-state index in [2.05, 4.69) is 0 Å². The van der Waals surface area contributed by atoms with E-state index in [-0.39, 0.29) is 12.5 Å². The second-order valence-corrected chi connectivity index (χ2v) is 5.15. The predicted molar refractivity (Wildman–Crippen MR) is 57.3 cm³/mol. The second kappa shape index (κ2) is 4.31. The first-order valence-electron chi connectivity index (χ1n) is 4.88. The molecule has 5 nitrogen and oxygen atoms in total. The maximum Gasteiger partial charge on any atom is 0.264 e. The van der Waals surface area contributed by atoms with Crippen molar-refractivity contribution < 1.29 is 22.4 Å². The molecule has 1 aliphatic heterocycles. The Labute approximate surface area is 93.7 Å². The van der Waals surface area contributed by atoms with Gasteiger partial charge in [-0.2, -0.15) is 8.42 Å². The maximum atomic E-state index is 10.5. The van der Waals surface area contributed by atoms with Crippen molar-refractivity contribution in [2.45, 2.75) is 12.8 Å². The molecule has 0 unspecified atom stereocenters. The number of benzene rings is 1. The third-order valence-corrected chi connectivity index (χ3v) is 3.11. The van der Waals surface area contributed by atoms with Crippen LogP contribution in [0.4, 0.5) is 0 Å². The van der Waals surface area contributed by atoms with Gasteiger partial charge in [0.05, 0.1) is 5.75 Å². The highest BCUT2D eigenvalue weighted by molar-refractivity contribution is 7.85. The van der Waals surface area contributed by atoms with E-state index in [0.29, 0.717) is 24.3 Å². The van der Waals surface area contributed by atoms with Crippen LogP contribution in [0.15, 0.2) is 18.2 Å². The van der Waals surface area contributed by atoms with E-state index >= 15 is 0 Å². The van der Waals surface area contributed by atoms with E-state index < -0.39 is 10.1 Å². The molecule has 1 aromatic rings. The summed E-state index contributed by atoms with van der Waals surface area (Å²) in [6.07, 6.45) is 0.967. The van der Waals surface area contributed by atoms with E-state index in [0.717, 1.165) is 5.56 Å². The normalized spacial score (nSPS) is 14.1. The first-order chi connectivity index (χ1) is 7.54. The van der Waals surface area contributed by atoms with Gasteiger partial charge in [0.1, 0.15) is 0 Å². The summed E-state index contributed by atoms with van der Waals surface area (Å²) >= 11 is 0. The Morgan fingerprint density at radius 2 is 2.00 bits per heavy atom. The topological polar surface area (TPSA) is 72.8 Å². The molecule has 1 aromatic carbocycles. The molecule has 1 heterocycles. The molecule has 0 radical (unpaired) electrons. The Hall–Kier alpha value is -1.27. The lowest BCUT2D eigenvalue weighted by Crippen LogP contribution is -2.04. The van der Waals surface area contributed by atoms with Crippen LogP contribution >= 0.6 is 0 Å². The van der Waals surface area contributed by atoms with Gasteiger partial charge in [-0.05, 0) is 30.5 Å². The minimum absolute atomic E-state index is 0.221. The number of hydrogen-bond donors (Lipinski definition) is 1. The molecule has 0 bridgehead atoms. The predicted octanol–water partition coefficient (Wildman–Crippen LogP) is 1.24. The molecule has 0 atom stereocenters. The van der Waals surface area contributed by atoms with Gasteiger partial charge in [-0.25, -0.2) is 0 Å². The van der Waals surface area contributed by atoms with E-state index in [1.165, 1.54) is 0 Å². The van der Waals surface area contributed by atoms with Gasteiger partial charge >= 0.3 is 0 Å². The molecule has 0 aliphatic carbocycles. The van der Waals surface area contributed by atoms with Crippen LogP contribution in [0.25, 0.3) is 0 Å². The zero-order valence-corrected chi connectivity index (χ0v) is 9.37. The molecule has 1 aliphatic rings. The minimum Gasteiger partial charge on any atom is -0.454 e. The Balaban J connectivity index is 1.95. The van der Waals surface area contributed by atoms with Crippen LogP contribution in [0.2, 0.25) is 0 Å². The Morgan fingerprint density at radius 3 is 2.75 bits per heavy atom. The maximum absolute atomic E-state index is 10.5. The van der Waals surface area contributed by atoms with Crippen LogP contribution in [-0.4, -0.2) is 25.5 Å². The number of aryl methyl sites for hydroxylation is 1. The van der Waals surface area contributed by atoms with Crippen molar-refractivity contribution in [1.29, 1.82) is 0 Å². The fourth-order valence-corrected chi connectivity index (χ4v) is 2.06. The van der Waals surface area contributed by atoms with Crippen LogP contribution in [0.3, 0.4) is 0 Å². The molecule has 0 amide bonds. The summed E-state index contributed by atoms with van der Waals surface area (Å²) in [5, 5.41) is 0. The Kier molecular flexibility index (Phi) is 3.02. The van der Waals surface area contributed by atoms with Gasteiger partial charge in [0, 0.05) is 0 Å². The third-order valence-electron chi connectivity index (χ3n) is 2.30. The molecule has 0 saturated heterocycles. The van der Waals surface area contributed by atoms with Crippen LogP contribution in [0, 0.1) is 0 Å². The summed E-state index contributed by atoms with van der Waals surface area (Å²) in [7, 11) is -3.86. The zero-order valence-electron chi connectivity index (χ0n) is 8.55. The van der Waals surface area contributed by atoms with Crippen molar-refractivity contribution in [1.82, 2.24) is 0 Å². The number of ether oxygens (including phenoxy) is 2. The zero-order chi connectivity index (χ0) is 11.6. The average molecular weight is 244 g/mol. The van der Waals surface area contributed by atoms with Crippen molar-refractivity contribution in [3.05, 3.63) is 23.8 Å². The van der Waals surface area contributed by atoms with Crippen LogP contribution in [0.1, 0.15) is 12.0 Å². The standard InChI is InChI=1S/C10H12O5S/c11-16(12,13)5-1-2-8-3-4-9-10(6-8)15-7-14-9/h3-4,6H,1-2,5,7H2,(H,11,12,13). The summed E-state index contributed by atoms with van der Waals surface area (Å²) in [6, 6.07) is 5.48. The molecule has 0 spiro atoms. The van der Waals surface area contributed by atoms with Gasteiger partial charge in [-0.1, -0.05) is 6.07 Å². The first-order valence-corrected chi connectivity index (χ1v) is 6.49. The molecular weight excluding hydrogens is 232 g/mol. The lowest BCUT2D eigenvalue weighted by Gasteiger charge is -2.02. The van der Waals surface area contributed by atoms with E-state index in [1.807, 2.05) is 12.1 Å². The van der Waals surface area contributed by atoms with E-state index in [4.69, 9.17) is 14.0 Å². The SMILES string of the molecule is O=S(=O)(O)CCCc1ccc2c(c1)OCO2. The molecular formula is C10H12O5S. The lowest BCUT2D eigenvalue weighted by atomic mass is 10.1. The molecule has 0 saturated carbocycles. The van der Waals surface area contributed by atoms with Crippen LogP contribution in [-0.2, 0) is 16.5 Å². The van der Waals surface area contributed by atoms with Gasteiger partial charge in [-0.3, -0.25) is 4.55 Å². The van der Waals surface area contributed by atoms with E-state index in [1.54, 1.807) is 6.07 Å². The molecule has 88 valence electrons. The summed E-state index contributed by atoms with van der Waals surface area (Å²) in [5.74, 6) is 1.17. The summed E-state index contributed by atoms with van der Waals surface area (Å²) in [5.41, 5.74) is 0.966. The number of fused-ring (bicyclic) bond motifs is 1. The smallest absolute Gasteiger partial charge is 0.264 e. The van der Waals surface area contributed by atoms with Gasteiger partial charge in [0.2, 0.25) is 6.79 Å².